The van der Waals surface area contributed by atoms with Crippen LogP contribution in [0.5, 0.6) is 0 Å². The molecule has 0 aliphatic heterocycles. The summed E-state index contributed by atoms with van der Waals surface area (Å²) in [6.45, 7) is 8.54. The van der Waals surface area contributed by atoms with E-state index in [4.69, 9.17) is 5.73 Å². The minimum absolute atomic E-state index is 0.454. The Hall–Kier alpha value is -0.300. The van der Waals surface area contributed by atoms with E-state index in [0.717, 1.165) is 12.3 Å². The topological polar surface area (TPSA) is 26.0 Å². The van der Waals surface area contributed by atoms with Crippen LogP contribution in [0.25, 0.3) is 0 Å². The summed E-state index contributed by atoms with van der Waals surface area (Å²) in [5.41, 5.74) is 6.90. The predicted molar refractivity (Wildman–Crippen MR) is 77.0 cm³/mol. The molecule has 1 saturated carbocycles. The standard InChI is InChI=1S/C16H31N/c1-4-5-6-7-8-9-15(17)14-10-12-16(2,3)13-11-14/h4,14-15H,1,5-13,17H2,2-3H3. The first-order chi connectivity index (χ1) is 8.05. The van der Waals surface area contributed by atoms with E-state index in [-0.39, 0.29) is 0 Å². The lowest BCUT2D eigenvalue weighted by atomic mass is 9.70. The van der Waals surface area contributed by atoms with E-state index in [1.807, 2.05) is 6.08 Å². The molecule has 0 radical (unpaired) electrons. The molecule has 0 amide bonds. The average Bonchev–Trinajstić information content (AvgIpc) is 2.28. The highest BCUT2D eigenvalue weighted by atomic mass is 14.7. The lowest BCUT2D eigenvalue weighted by molar-refractivity contribution is 0.169. The van der Waals surface area contributed by atoms with Crippen LogP contribution in [0.2, 0.25) is 0 Å². The quantitative estimate of drug-likeness (QED) is 0.505. The van der Waals surface area contributed by atoms with Gasteiger partial charge in [0.25, 0.3) is 0 Å². The van der Waals surface area contributed by atoms with Crippen LogP contribution < -0.4 is 5.73 Å². The Kier molecular flexibility index (Phi) is 6.26. The summed E-state index contributed by atoms with van der Waals surface area (Å²) in [6.07, 6.45) is 13.7. The molecule has 1 aliphatic carbocycles. The van der Waals surface area contributed by atoms with Gasteiger partial charge in [0, 0.05) is 6.04 Å². The number of hydrogen-bond donors (Lipinski definition) is 1. The van der Waals surface area contributed by atoms with Gasteiger partial charge in [0.2, 0.25) is 0 Å². The van der Waals surface area contributed by atoms with E-state index >= 15 is 0 Å². The van der Waals surface area contributed by atoms with E-state index in [9.17, 15) is 0 Å². The molecule has 1 atom stereocenters. The van der Waals surface area contributed by atoms with Crippen LogP contribution in [0.3, 0.4) is 0 Å². The lowest BCUT2D eigenvalue weighted by Crippen LogP contribution is -2.34. The zero-order valence-electron chi connectivity index (χ0n) is 11.9. The Bertz CT molecular complexity index is 210. The first kappa shape index (κ1) is 14.8. The summed E-state index contributed by atoms with van der Waals surface area (Å²) in [4.78, 5) is 0. The Morgan fingerprint density at radius 2 is 1.88 bits per heavy atom. The molecule has 1 aliphatic rings. The number of rotatable bonds is 7. The van der Waals surface area contributed by atoms with E-state index in [1.165, 1.54) is 51.4 Å². The first-order valence-electron chi connectivity index (χ1n) is 7.42. The number of hydrogen-bond acceptors (Lipinski definition) is 1. The van der Waals surface area contributed by atoms with Crippen molar-refractivity contribution in [2.24, 2.45) is 17.1 Å². The molecule has 1 nitrogen and oxygen atoms in total. The van der Waals surface area contributed by atoms with Gasteiger partial charge in [0.05, 0.1) is 0 Å². The van der Waals surface area contributed by atoms with Crippen LogP contribution in [0.1, 0.15) is 71.6 Å². The van der Waals surface area contributed by atoms with Crippen LogP contribution in [0.4, 0.5) is 0 Å². The summed E-state index contributed by atoms with van der Waals surface area (Å²) in [6, 6.07) is 0.454. The minimum atomic E-state index is 0.454. The summed E-state index contributed by atoms with van der Waals surface area (Å²) in [5, 5.41) is 0. The monoisotopic (exact) mass is 237 g/mol. The van der Waals surface area contributed by atoms with Crippen molar-refractivity contribution in [3.63, 3.8) is 0 Å². The molecule has 1 unspecified atom stereocenters. The van der Waals surface area contributed by atoms with Crippen LogP contribution in [-0.2, 0) is 0 Å². The van der Waals surface area contributed by atoms with Gasteiger partial charge < -0.3 is 5.73 Å². The van der Waals surface area contributed by atoms with Crippen LogP contribution in [0, 0.1) is 11.3 Å². The van der Waals surface area contributed by atoms with Crippen molar-refractivity contribution in [1.29, 1.82) is 0 Å². The van der Waals surface area contributed by atoms with Crippen molar-refractivity contribution in [2.75, 3.05) is 0 Å². The minimum Gasteiger partial charge on any atom is -0.327 e. The number of allylic oxidation sites excluding steroid dienone is 1. The fraction of sp³-hybridized carbons (Fsp3) is 0.875. The Labute approximate surface area is 108 Å². The van der Waals surface area contributed by atoms with Gasteiger partial charge in [-0.25, -0.2) is 0 Å². The van der Waals surface area contributed by atoms with E-state index in [1.54, 1.807) is 0 Å². The molecule has 0 aromatic carbocycles. The Morgan fingerprint density at radius 1 is 1.24 bits per heavy atom. The smallest absolute Gasteiger partial charge is 0.00671 e. The molecule has 0 saturated heterocycles. The second-order valence-corrected chi connectivity index (χ2v) is 6.59. The van der Waals surface area contributed by atoms with Gasteiger partial charge in [-0.15, -0.1) is 6.58 Å². The fourth-order valence-corrected chi connectivity index (χ4v) is 2.93. The van der Waals surface area contributed by atoms with E-state index in [2.05, 4.69) is 20.4 Å². The van der Waals surface area contributed by atoms with Crippen LogP contribution in [-0.4, -0.2) is 6.04 Å². The first-order valence-corrected chi connectivity index (χ1v) is 7.42. The van der Waals surface area contributed by atoms with Gasteiger partial charge in [-0.05, 0) is 56.3 Å². The van der Waals surface area contributed by atoms with Crippen molar-refractivity contribution in [3.8, 4) is 0 Å². The normalized spacial score (nSPS) is 22.3. The van der Waals surface area contributed by atoms with Crippen molar-refractivity contribution >= 4 is 0 Å². The van der Waals surface area contributed by atoms with Gasteiger partial charge in [0.1, 0.15) is 0 Å². The highest BCUT2D eigenvalue weighted by Crippen LogP contribution is 2.39. The van der Waals surface area contributed by atoms with Crippen LogP contribution in [0.15, 0.2) is 12.7 Å². The van der Waals surface area contributed by atoms with Gasteiger partial charge in [-0.3, -0.25) is 0 Å². The molecule has 0 heterocycles. The van der Waals surface area contributed by atoms with Crippen molar-refractivity contribution < 1.29 is 0 Å². The molecular formula is C16H31N. The molecular weight excluding hydrogens is 206 g/mol. The summed E-state index contributed by atoms with van der Waals surface area (Å²) in [5.74, 6) is 0.794. The third-order valence-electron chi connectivity index (χ3n) is 4.44. The summed E-state index contributed by atoms with van der Waals surface area (Å²) >= 11 is 0. The molecule has 0 aromatic heterocycles. The predicted octanol–water partition coefficient (Wildman–Crippen LogP) is 4.67. The maximum atomic E-state index is 6.33. The molecule has 1 rings (SSSR count). The molecule has 0 aromatic rings. The van der Waals surface area contributed by atoms with Crippen LogP contribution >= 0.6 is 0 Å². The third kappa shape index (κ3) is 5.72. The maximum Gasteiger partial charge on any atom is 0.00671 e. The van der Waals surface area contributed by atoms with Crippen molar-refractivity contribution in [3.05, 3.63) is 12.7 Å². The van der Waals surface area contributed by atoms with Crippen molar-refractivity contribution in [2.45, 2.75) is 77.7 Å². The number of nitrogens with two attached hydrogens (primary N) is 1. The molecule has 0 spiro atoms. The Balaban J connectivity index is 2.11. The van der Waals surface area contributed by atoms with Gasteiger partial charge in [0.15, 0.2) is 0 Å². The third-order valence-corrected chi connectivity index (χ3v) is 4.44. The lowest BCUT2D eigenvalue weighted by Gasteiger charge is -2.36. The number of unbranched alkanes of at least 4 members (excludes halogenated alkanes) is 3. The second kappa shape index (κ2) is 7.20. The fourth-order valence-electron chi connectivity index (χ4n) is 2.93. The van der Waals surface area contributed by atoms with Gasteiger partial charge >= 0.3 is 0 Å². The zero-order valence-corrected chi connectivity index (χ0v) is 11.9. The second-order valence-electron chi connectivity index (χ2n) is 6.59. The van der Waals surface area contributed by atoms with E-state index in [0.29, 0.717) is 11.5 Å². The maximum absolute atomic E-state index is 6.33. The summed E-state index contributed by atoms with van der Waals surface area (Å²) < 4.78 is 0. The van der Waals surface area contributed by atoms with Crippen molar-refractivity contribution in [1.82, 2.24) is 0 Å². The molecule has 100 valence electrons. The molecule has 1 heteroatoms. The Morgan fingerprint density at radius 3 is 2.47 bits per heavy atom. The largest absolute Gasteiger partial charge is 0.327 e. The zero-order chi connectivity index (χ0) is 12.7. The molecule has 2 N–H and O–H groups in total. The SMILES string of the molecule is C=CCCCCCC(N)C1CCC(C)(C)CC1. The molecule has 1 fully saturated rings. The van der Waals surface area contributed by atoms with Gasteiger partial charge in [-0.2, -0.15) is 0 Å². The molecule has 17 heavy (non-hydrogen) atoms. The van der Waals surface area contributed by atoms with E-state index < -0.39 is 0 Å². The molecule has 0 bridgehead atoms. The average molecular weight is 237 g/mol. The highest BCUT2D eigenvalue weighted by molar-refractivity contribution is 4.83. The highest BCUT2D eigenvalue weighted by Gasteiger charge is 2.29. The summed E-state index contributed by atoms with van der Waals surface area (Å²) in [7, 11) is 0. The van der Waals surface area contributed by atoms with Gasteiger partial charge in [-0.1, -0.05) is 32.8 Å².